The van der Waals surface area contributed by atoms with E-state index in [4.69, 9.17) is 4.42 Å². The summed E-state index contributed by atoms with van der Waals surface area (Å²) in [4.78, 5) is 2.80. The molecule has 18 heavy (non-hydrogen) atoms. The van der Waals surface area contributed by atoms with Crippen LogP contribution < -0.4 is 5.32 Å². The lowest BCUT2D eigenvalue weighted by molar-refractivity contribution is 0.441. The Morgan fingerprint density at radius 2 is 2.17 bits per heavy atom. The van der Waals surface area contributed by atoms with E-state index >= 15 is 0 Å². The minimum absolute atomic E-state index is 0.436. The summed E-state index contributed by atoms with van der Waals surface area (Å²) in [6.45, 7) is 5.09. The third kappa shape index (κ3) is 3.95. The first-order valence-electron chi connectivity index (χ1n) is 5.77. The zero-order valence-corrected chi connectivity index (χ0v) is 14.3. The molecule has 0 aliphatic heterocycles. The maximum absolute atomic E-state index is 5.53. The highest BCUT2D eigenvalue weighted by Gasteiger charge is 2.09. The van der Waals surface area contributed by atoms with Gasteiger partial charge in [0.1, 0.15) is 5.76 Å². The fourth-order valence-electron chi connectivity index (χ4n) is 1.72. The highest BCUT2D eigenvalue weighted by Crippen LogP contribution is 2.26. The van der Waals surface area contributed by atoms with Crippen molar-refractivity contribution in [2.45, 2.75) is 32.9 Å². The van der Waals surface area contributed by atoms with Crippen LogP contribution in [0, 0.1) is 6.92 Å². The Hall–Kier alpha value is -0.100. The number of nitrogens with one attached hydrogen (secondary N) is 1. The summed E-state index contributed by atoms with van der Waals surface area (Å²) in [5.74, 6) is 0.933. The number of hydrogen-bond acceptors (Lipinski definition) is 3. The molecule has 0 radical (unpaired) electrons. The number of halogens is 2. The molecule has 0 amide bonds. The minimum atomic E-state index is 0.436. The number of hydrogen-bond donors (Lipinski definition) is 1. The topological polar surface area (TPSA) is 25.2 Å². The van der Waals surface area contributed by atoms with Crippen LogP contribution in [0.3, 0.4) is 0 Å². The van der Waals surface area contributed by atoms with Gasteiger partial charge in [0.05, 0.1) is 11.0 Å². The van der Waals surface area contributed by atoms with Gasteiger partial charge in [0.2, 0.25) is 0 Å². The molecule has 2 heterocycles. The Morgan fingerprint density at radius 3 is 2.72 bits per heavy atom. The molecule has 0 saturated heterocycles. The van der Waals surface area contributed by atoms with Crippen LogP contribution in [-0.2, 0) is 13.0 Å². The van der Waals surface area contributed by atoms with Gasteiger partial charge < -0.3 is 9.73 Å². The number of rotatable bonds is 5. The first-order valence-corrected chi connectivity index (χ1v) is 8.17. The third-order valence-corrected chi connectivity index (χ3v) is 5.36. The summed E-state index contributed by atoms with van der Waals surface area (Å²) in [5, 5.41) is 3.47. The summed E-state index contributed by atoms with van der Waals surface area (Å²) in [7, 11) is 0. The molecule has 2 aromatic rings. The van der Waals surface area contributed by atoms with E-state index in [9.17, 15) is 0 Å². The molecule has 2 aromatic heterocycles. The van der Waals surface area contributed by atoms with Gasteiger partial charge in [-0.05, 0) is 70.3 Å². The van der Waals surface area contributed by atoms with Gasteiger partial charge in [-0.15, -0.1) is 11.3 Å². The fourth-order valence-corrected chi connectivity index (χ4v) is 3.40. The van der Waals surface area contributed by atoms with Crippen LogP contribution in [0.25, 0.3) is 0 Å². The van der Waals surface area contributed by atoms with Gasteiger partial charge in [-0.3, -0.25) is 0 Å². The Labute approximate surface area is 128 Å². The van der Waals surface area contributed by atoms with Crippen molar-refractivity contribution in [2.24, 2.45) is 0 Å². The largest absolute Gasteiger partial charge is 0.452 e. The molecule has 2 rings (SSSR count). The average Bonchev–Trinajstić information content (AvgIpc) is 2.84. The van der Waals surface area contributed by atoms with Crippen molar-refractivity contribution in [1.29, 1.82) is 0 Å². The summed E-state index contributed by atoms with van der Waals surface area (Å²) < 4.78 is 7.24. The highest BCUT2D eigenvalue weighted by atomic mass is 79.9. The van der Waals surface area contributed by atoms with E-state index in [1.807, 2.05) is 17.4 Å². The summed E-state index contributed by atoms with van der Waals surface area (Å²) in [6.07, 6.45) is 1.06. The van der Waals surface area contributed by atoms with Crippen molar-refractivity contribution >= 4 is 43.2 Å². The first-order chi connectivity index (χ1) is 8.54. The molecule has 0 aliphatic rings. The fraction of sp³-hybridized carbons (Fsp3) is 0.385. The van der Waals surface area contributed by atoms with Gasteiger partial charge in [-0.2, -0.15) is 0 Å². The number of thiophene rings is 1. The summed E-state index contributed by atoms with van der Waals surface area (Å²) in [6, 6.07) is 6.80. The second kappa shape index (κ2) is 6.37. The van der Waals surface area contributed by atoms with Crippen LogP contribution in [-0.4, -0.2) is 6.04 Å². The molecule has 1 N–H and O–H groups in total. The molecule has 1 atom stereocenters. The normalized spacial score (nSPS) is 12.9. The van der Waals surface area contributed by atoms with E-state index in [2.05, 4.69) is 63.2 Å². The van der Waals surface area contributed by atoms with Crippen molar-refractivity contribution in [2.75, 3.05) is 0 Å². The van der Waals surface area contributed by atoms with Crippen LogP contribution in [0.5, 0.6) is 0 Å². The van der Waals surface area contributed by atoms with Gasteiger partial charge in [-0.25, -0.2) is 0 Å². The zero-order chi connectivity index (χ0) is 13.1. The van der Waals surface area contributed by atoms with Crippen LogP contribution >= 0.6 is 43.2 Å². The molecule has 0 spiro atoms. The first kappa shape index (κ1) is 14.3. The maximum Gasteiger partial charge on any atom is 0.183 e. The molecular weight excluding hydrogens is 378 g/mol. The number of furan rings is 1. The number of aryl methyl sites for hydroxylation is 1. The van der Waals surface area contributed by atoms with Crippen LogP contribution in [0.4, 0.5) is 0 Å². The Balaban J connectivity index is 1.83. The molecule has 0 bridgehead atoms. The molecule has 1 unspecified atom stereocenters. The van der Waals surface area contributed by atoms with E-state index in [0.29, 0.717) is 6.04 Å². The molecule has 0 aliphatic carbocycles. The molecule has 98 valence electrons. The second-order valence-electron chi connectivity index (χ2n) is 4.33. The molecule has 0 fully saturated rings. The summed E-state index contributed by atoms with van der Waals surface area (Å²) in [5.41, 5.74) is 0. The highest BCUT2D eigenvalue weighted by molar-refractivity contribution is 9.13. The molecule has 5 heteroatoms. The SMILES string of the molecule is Cc1ccc(CC(C)NCc2cc(Br)c(Br)o2)s1. The predicted molar refractivity (Wildman–Crippen MR) is 83.2 cm³/mol. The monoisotopic (exact) mass is 391 g/mol. The van der Waals surface area contributed by atoms with Crippen molar-refractivity contribution in [3.8, 4) is 0 Å². The lowest BCUT2D eigenvalue weighted by Crippen LogP contribution is -2.27. The molecular formula is C13H15Br2NOS. The quantitative estimate of drug-likeness (QED) is 0.782. The molecule has 2 nitrogen and oxygen atoms in total. The van der Waals surface area contributed by atoms with E-state index in [1.54, 1.807) is 0 Å². The Kier molecular flexibility index (Phi) is 5.06. The van der Waals surface area contributed by atoms with Crippen molar-refractivity contribution in [1.82, 2.24) is 5.32 Å². The third-order valence-electron chi connectivity index (χ3n) is 2.62. The maximum atomic E-state index is 5.53. The smallest absolute Gasteiger partial charge is 0.183 e. The molecule has 0 aromatic carbocycles. The molecule has 0 saturated carbocycles. The van der Waals surface area contributed by atoms with E-state index in [1.165, 1.54) is 9.75 Å². The zero-order valence-electron chi connectivity index (χ0n) is 10.3. The lowest BCUT2D eigenvalue weighted by atomic mass is 10.2. The van der Waals surface area contributed by atoms with Crippen LogP contribution in [0.2, 0.25) is 0 Å². The van der Waals surface area contributed by atoms with Gasteiger partial charge >= 0.3 is 0 Å². The second-order valence-corrected chi connectivity index (χ2v) is 7.28. The van der Waals surface area contributed by atoms with Crippen LogP contribution in [0.15, 0.2) is 31.8 Å². The van der Waals surface area contributed by atoms with Crippen molar-refractivity contribution in [3.05, 3.63) is 42.9 Å². The minimum Gasteiger partial charge on any atom is -0.452 e. The predicted octanol–water partition coefficient (Wildman–Crippen LogP) is 4.90. The van der Waals surface area contributed by atoms with Crippen LogP contribution in [0.1, 0.15) is 22.4 Å². The van der Waals surface area contributed by atoms with Crippen molar-refractivity contribution in [3.63, 3.8) is 0 Å². The summed E-state index contributed by atoms with van der Waals surface area (Å²) >= 11 is 8.62. The standard InChI is InChI=1S/C13H15Br2NOS/c1-8(5-11-4-3-9(2)18-11)16-7-10-6-12(14)13(15)17-10/h3-4,6,8,16H,5,7H2,1-2H3. The van der Waals surface area contributed by atoms with Gasteiger partial charge in [0, 0.05) is 15.8 Å². The lowest BCUT2D eigenvalue weighted by Gasteiger charge is -2.11. The van der Waals surface area contributed by atoms with E-state index in [0.717, 1.165) is 27.9 Å². The van der Waals surface area contributed by atoms with E-state index in [-0.39, 0.29) is 0 Å². The average molecular weight is 393 g/mol. The van der Waals surface area contributed by atoms with Crippen molar-refractivity contribution < 1.29 is 4.42 Å². The Morgan fingerprint density at radius 1 is 1.39 bits per heavy atom. The van der Waals surface area contributed by atoms with Gasteiger partial charge in [0.15, 0.2) is 4.67 Å². The Bertz CT molecular complexity index is 501. The van der Waals surface area contributed by atoms with E-state index < -0.39 is 0 Å². The van der Waals surface area contributed by atoms with Gasteiger partial charge in [0.25, 0.3) is 0 Å². The van der Waals surface area contributed by atoms with Gasteiger partial charge in [-0.1, -0.05) is 0 Å².